The fourth-order valence-electron chi connectivity index (χ4n) is 3.05. The number of rotatable bonds is 6. The second kappa shape index (κ2) is 10.8. The van der Waals surface area contributed by atoms with Crippen molar-refractivity contribution >= 4 is 39.8 Å². The molecule has 0 bridgehead atoms. The predicted octanol–water partition coefficient (Wildman–Crippen LogP) is 3.20. The molecule has 1 fully saturated rings. The average Bonchev–Trinajstić information content (AvgIpc) is 2.44. The third-order valence-corrected chi connectivity index (χ3v) is 7.32. The fraction of sp³-hybridized carbons (Fsp3) is 0.941. The Balaban J connectivity index is 0.00000529. The van der Waals surface area contributed by atoms with E-state index in [1.54, 1.807) is 27.8 Å². The average molecular weight is 473 g/mol. The van der Waals surface area contributed by atoms with Crippen molar-refractivity contribution in [2.45, 2.75) is 64.5 Å². The zero-order valence-corrected chi connectivity index (χ0v) is 19.0. The summed E-state index contributed by atoms with van der Waals surface area (Å²) in [5, 5.41) is 6.40. The van der Waals surface area contributed by atoms with E-state index in [0.717, 1.165) is 24.8 Å². The second-order valence-corrected chi connectivity index (χ2v) is 10.6. The molecule has 0 aliphatic heterocycles. The van der Waals surface area contributed by atoms with Gasteiger partial charge in [-0.15, -0.1) is 24.0 Å². The molecule has 0 saturated heterocycles. The van der Waals surface area contributed by atoms with Crippen LogP contribution in [0, 0.1) is 11.8 Å². The van der Waals surface area contributed by atoms with Crippen LogP contribution >= 0.6 is 24.0 Å². The van der Waals surface area contributed by atoms with E-state index in [-0.39, 0.29) is 29.7 Å². The maximum absolute atomic E-state index is 12.1. The molecule has 0 spiro atoms. The van der Waals surface area contributed by atoms with Crippen LogP contribution in [0.2, 0.25) is 0 Å². The minimum atomic E-state index is -3.09. The molecule has 1 rings (SSSR count). The molecule has 24 heavy (non-hydrogen) atoms. The van der Waals surface area contributed by atoms with Crippen molar-refractivity contribution in [1.82, 2.24) is 10.6 Å². The Bertz CT molecular complexity index is 487. The van der Waals surface area contributed by atoms with E-state index < -0.39 is 14.6 Å². The Hall–Kier alpha value is -0.0500. The van der Waals surface area contributed by atoms with E-state index in [9.17, 15) is 8.42 Å². The van der Waals surface area contributed by atoms with Gasteiger partial charge in [0.25, 0.3) is 0 Å². The first-order valence-corrected chi connectivity index (χ1v) is 10.5. The Labute approximate surface area is 165 Å². The Morgan fingerprint density at radius 1 is 1.17 bits per heavy atom. The monoisotopic (exact) mass is 473 g/mol. The van der Waals surface area contributed by atoms with Gasteiger partial charge in [0.15, 0.2) is 15.8 Å². The van der Waals surface area contributed by atoms with Crippen molar-refractivity contribution in [3.05, 3.63) is 0 Å². The number of nitrogens with zero attached hydrogens (tertiary/aromatic N) is 1. The first kappa shape index (κ1) is 23.9. The lowest BCUT2D eigenvalue weighted by Crippen LogP contribution is -2.42. The highest BCUT2D eigenvalue weighted by Gasteiger charge is 2.28. The van der Waals surface area contributed by atoms with Gasteiger partial charge in [0.2, 0.25) is 0 Å². The number of aliphatic imine (C=N–C) groups is 1. The van der Waals surface area contributed by atoms with Crippen LogP contribution in [0.25, 0.3) is 0 Å². The highest BCUT2D eigenvalue weighted by molar-refractivity contribution is 14.0. The van der Waals surface area contributed by atoms with Crippen molar-refractivity contribution in [3.8, 4) is 0 Å². The molecule has 2 N–H and O–H groups in total. The minimum Gasteiger partial charge on any atom is -0.356 e. The molecular weight excluding hydrogens is 437 g/mol. The summed E-state index contributed by atoms with van der Waals surface area (Å²) >= 11 is 0. The molecule has 5 nitrogen and oxygen atoms in total. The van der Waals surface area contributed by atoms with Crippen molar-refractivity contribution in [1.29, 1.82) is 0 Å². The van der Waals surface area contributed by atoms with Gasteiger partial charge in [-0.25, -0.2) is 8.42 Å². The number of guanidine groups is 1. The molecule has 7 heteroatoms. The normalized spacial score (nSPS) is 22.6. The molecule has 0 amide bonds. The minimum absolute atomic E-state index is 0. The van der Waals surface area contributed by atoms with E-state index in [1.807, 2.05) is 0 Å². The first-order valence-electron chi connectivity index (χ1n) is 8.82. The van der Waals surface area contributed by atoms with Crippen LogP contribution in [0.3, 0.4) is 0 Å². The molecule has 0 heterocycles. The van der Waals surface area contributed by atoms with Gasteiger partial charge in [-0.2, -0.15) is 0 Å². The van der Waals surface area contributed by atoms with Gasteiger partial charge in [0.1, 0.15) is 0 Å². The Morgan fingerprint density at radius 2 is 1.79 bits per heavy atom. The molecule has 0 aromatic heterocycles. The number of hydrogen-bond donors (Lipinski definition) is 2. The maximum Gasteiger partial charge on any atom is 0.191 e. The van der Waals surface area contributed by atoms with Gasteiger partial charge < -0.3 is 10.6 Å². The molecule has 2 unspecified atom stereocenters. The number of hydrogen-bond acceptors (Lipinski definition) is 3. The van der Waals surface area contributed by atoms with Gasteiger partial charge in [-0.1, -0.05) is 26.2 Å². The summed E-state index contributed by atoms with van der Waals surface area (Å²) in [6.45, 7) is 8.83. The summed E-state index contributed by atoms with van der Waals surface area (Å²) in [5.41, 5.74) is 0. The number of halogens is 1. The largest absolute Gasteiger partial charge is 0.356 e. The van der Waals surface area contributed by atoms with Crippen molar-refractivity contribution < 1.29 is 8.42 Å². The molecular formula is C17H36IN3O2S. The molecule has 1 aliphatic carbocycles. The van der Waals surface area contributed by atoms with Crippen LogP contribution in [-0.2, 0) is 9.84 Å². The molecule has 0 aromatic rings. The molecule has 2 atom stereocenters. The lowest BCUT2D eigenvalue weighted by molar-refractivity contribution is 0.270. The van der Waals surface area contributed by atoms with Crippen molar-refractivity contribution in [2.75, 3.05) is 25.9 Å². The smallest absolute Gasteiger partial charge is 0.191 e. The third-order valence-electron chi connectivity index (χ3n) is 4.71. The van der Waals surface area contributed by atoms with Gasteiger partial charge in [-0.3, -0.25) is 4.99 Å². The highest BCUT2D eigenvalue weighted by Crippen LogP contribution is 2.30. The molecule has 1 saturated carbocycles. The Morgan fingerprint density at radius 3 is 2.33 bits per heavy atom. The summed E-state index contributed by atoms with van der Waals surface area (Å²) in [6.07, 6.45) is 6.55. The molecule has 144 valence electrons. The van der Waals surface area contributed by atoms with Crippen LogP contribution in [0.5, 0.6) is 0 Å². The number of sulfone groups is 1. The first-order chi connectivity index (χ1) is 10.7. The second-order valence-electron chi connectivity index (χ2n) is 7.78. The van der Waals surface area contributed by atoms with Crippen molar-refractivity contribution in [2.24, 2.45) is 16.8 Å². The van der Waals surface area contributed by atoms with Crippen LogP contribution in [0.4, 0.5) is 0 Å². The summed E-state index contributed by atoms with van der Waals surface area (Å²) < 4.78 is 23.4. The molecule has 0 aromatic carbocycles. The van der Waals surface area contributed by atoms with E-state index in [4.69, 9.17) is 0 Å². The molecule has 0 radical (unpaired) electrons. The van der Waals surface area contributed by atoms with Gasteiger partial charge in [0, 0.05) is 20.1 Å². The summed E-state index contributed by atoms with van der Waals surface area (Å²) in [6, 6.07) is 0. The van der Waals surface area contributed by atoms with E-state index in [0.29, 0.717) is 12.5 Å². The van der Waals surface area contributed by atoms with E-state index in [1.165, 1.54) is 25.7 Å². The zero-order valence-electron chi connectivity index (χ0n) is 15.9. The van der Waals surface area contributed by atoms with Crippen LogP contribution in [-0.4, -0.2) is 45.0 Å². The summed E-state index contributed by atoms with van der Waals surface area (Å²) in [7, 11) is -1.37. The van der Waals surface area contributed by atoms with E-state index >= 15 is 0 Å². The number of nitrogens with one attached hydrogen (secondary N) is 2. The quantitative estimate of drug-likeness (QED) is 0.353. The highest BCUT2D eigenvalue weighted by atomic mass is 127. The third kappa shape index (κ3) is 8.36. The van der Waals surface area contributed by atoms with Gasteiger partial charge >= 0.3 is 0 Å². The predicted molar refractivity (Wildman–Crippen MR) is 114 cm³/mol. The SMILES string of the molecule is CN=C(NCCC1CCCC(C)C1)NCCS(=O)(=O)C(C)(C)C.I. The van der Waals surface area contributed by atoms with E-state index in [2.05, 4.69) is 22.5 Å². The standard InChI is InChI=1S/C17H35N3O2S.HI/c1-14-7-6-8-15(13-14)9-10-19-16(18-5)20-11-12-23(21,22)17(2,3)4;/h14-15H,6-13H2,1-5H3,(H2,18,19,20);1H. The maximum atomic E-state index is 12.1. The van der Waals surface area contributed by atoms with Crippen LogP contribution < -0.4 is 10.6 Å². The van der Waals surface area contributed by atoms with Gasteiger partial charge in [0.05, 0.1) is 10.5 Å². The van der Waals surface area contributed by atoms with Crippen LogP contribution in [0.15, 0.2) is 4.99 Å². The molecule has 1 aliphatic rings. The summed E-state index contributed by atoms with van der Waals surface area (Å²) in [4.78, 5) is 4.17. The fourth-order valence-corrected chi connectivity index (χ4v) is 4.03. The zero-order chi connectivity index (χ0) is 17.5. The Kier molecular flexibility index (Phi) is 10.8. The topological polar surface area (TPSA) is 70.6 Å². The van der Waals surface area contributed by atoms with Crippen LogP contribution in [0.1, 0.15) is 59.8 Å². The summed E-state index contributed by atoms with van der Waals surface area (Å²) in [5.74, 6) is 2.48. The lowest BCUT2D eigenvalue weighted by Gasteiger charge is -2.27. The van der Waals surface area contributed by atoms with Crippen molar-refractivity contribution in [3.63, 3.8) is 0 Å². The lowest BCUT2D eigenvalue weighted by atomic mass is 9.81. The van der Waals surface area contributed by atoms with Gasteiger partial charge in [-0.05, 0) is 45.4 Å².